The van der Waals surface area contributed by atoms with Crippen LogP contribution in [-0.2, 0) is 167 Å². The number of pyridine rings is 5. The number of ether oxygens (including phenoxy) is 1. The van der Waals surface area contributed by atoms with Gasteiger partial charge in [0.2, 0.25) is 17.7 Å². The van der Waals surface area contributed by atoms with Crippen molar-refractivity contribution in [1.29, 1.82) is 0 Å². The van der Waals surface area contributed by atoms with E-state index in [2.05, 4.69) is 108 Å². The Kier molecular flexibility index (Phi) is 75.6. The van der Waals surface area contributed by atoms with Crippen molar-refractivity contribution in [3.63, 3.8) is 0 Å². The van der Waals surface area contributed by atoms with E-state index in [0.29, 0.717) is 56.5 Å². The quantitative estimate of drug-likeness (QED) is 0.0147. The van der Waals surface area contributed by atoms with E-state index in [9.17, 15) is 29.1 Å². The van der Waals surface area contributed by atoms with Crippen LogP contribution in [0.4, 0.5) is 29.1 Å². The number of aliphatic carboxylic acids is 1. The number of aromatic nitrogens is 7. The molecule has 0 saturated carbocycles. The molecule has 31 nitrogen and oxygen atoms in total. The zero-order valence-electron chi connectivity index (χ0n) is 66.3. The van der Waals surface area contributed by atoms with Crippen LogP contribution in [0.2, 0.25) is 0 Å². The van der Waals surface area contributed by atoms with E-state index in [0.717, 1.165) is 140 Å². The molecule has 5 aliphatic heterocycles. The number of esters is 1. The molecule has 11 heterocycles. The van der Waals surface area contributed by atoms with E-state index < -0.39 is 33.4 Å². The third-order valence-electron chi connectivity index (χ3n) is 19.6. The molecule has 36 heteroatoms. The normalized spacial score (nSPS) is 16.1. The molecule has 0 unspecified atom stereocenters. The molecular formula is C80H143N23O8W5. The van der Waals surface area contributed by atoms with Crippen LogP contribution in [0.5, 0.6) is 0 Å². The van der Waals surface area contributed by atoms with Crippen LogP contribution in [-0.4, -0.2) is 210 Å². The summed E-state index contributed by atoms with van der Waals surface area (Å²) in [7, 11) is 15.1. The van der Waals surface area contributed by atoms with Gasteiger partial charge in [-0.1, -0.05) is 193 Å². The number of carboxylic acid groups (broad SMARTS) is 1. The van der Waals surface area contributed by atoms with Crippen LogP contribution in [0.15, 0.2) is 100 Å². The van der Waals surface area contributed by atoms with E-state index in [-0.39, 0.29) is 239 Å². The first-order valence-corrected chi connectivity index (χ1v) is 33.7. The summed E-state index contributed by atoms with van der Waals surface area (Å²) in [5, 5.41) is 15.9. The Hall–Kier alpha value is -5.35. The van der Waals surface area contributed by atoms with Crippen molar-refractivity contribution in [3.05, 3.63) is 202 Å². The summed E-state index contributed by atoms with van der Waals surface area (Å²) in [6, 6.07) is 26.5. The third kappa shape index (κ3) is 40.8. The number of hydrogen-bond acceptors (Lipinski definition) is 22. The van der Waals surface area contributed by atoms with Crippen LogP contribution in [0.25, 0.3) is 28.7 Å². The molecule has 0 aliphatic carbocycles. The van der Waals surface area contributed by atoms with Gasteiger partial charge in [-0.05, 0) is 204 Å². The molecule has 11 rings (SSSR count). The summed E-state index contributed by atoms with van der Waals surface area (Å²) < 4.78 is 10.2. The summed E-state index contributed by atoms with van der Waals surface area (Å²) in [5.74, 6) is 10.0. The maximum Gasteiger partial charge on any atom is 2.00 e. The van der Waals surface area contributed by atoms with Crippen LogP contribution in [0.1, 0.15) is 143 Å². The number of rotatable bonds is 16. The standard InChI is InChI=1S/C14H19N5O2.C14H23N5O.C14H20N3O2.C13H21N5O.C13H19N3O2.CH6N2.6CH4.5CH3.5W/c1-19-7-5-14(6-8-19,12-17-18-13(20)21-12)9-10-3-2-4-11(15)16-10;1-16-18-13(20)14(6-8-19(2)9-7-14)10-11-4-3-5-12(15)17-11;1-17-8-6-14(7-9-17,13(18)19-2)10-11-4-3-5-12(15)16-11;1-18-7-5-13(6-8-18,12(19)17-15)9-10-3-2-4-11(14)16-10;1-16-7-5-13(6-8-16,12(17)18)9-10-3-2-4-11(14)15-10;1-3-2;;;;;;;;;;;;;;;;/h2-4H,5-9H2,1H3,(H3,15,16,18,20);3-5,16H,6-10H2,1-2H3,(H3,15,17,18,20);3-5H,6-10H2,1-2H3,(H-,15,16);2-4H,5-9,15H2,1H3,(H3,14,16,17,19);2-4H,5-9H2,1H3,(H3,14,15,17,18);3H,2H2,1H3;6*1H4;5*1H3;;;;;/q;;-1;;;;;;;;;;5*-1;5*+2/p-4. The van der Waals surface area contributed by atoms with Gasteiger partial charge in [-0.25, -0.2) is 21.2 Å². The van der Waals surface area contributed by atoms with Crippen molar-refractivity contribution in [2.75, 3.05) is 122 Å². The van der Waals surface area contributed by atoms with Gasteiger partial charge < -0.3 is 129 Å². The van der Waals surface area contributed by atoms with Gasteiger partial charge in [0.05, 0.1) is 34.2 Å². The Labute approximate surface area is 769 Å². The molecule has 15 N–H and O–H groups in total. The van der Waals surface area contributed by atoms with Crippen molar-refractivity contribution in [1.82, 2.24) is 81.3 Å². The maximum atomic E-state index is 12.4. The summed E-state index contributed by atoms with van der Waals surface area (Å²) >= 11 is 0. The predicted molar refractivity (Wildman–Crippen MR) is 457 cm³/mol. The number of nitrogens with zero attached hydrogens (tertiary/aromatic N) is 11. The monoisotopic (exact) mass is 2470 g/mol. The molecule has 0 spiro atoms. The molecule has 2 amide bonds. The van der Waals surface area contributed by atoms with E-state index in [1.54, 1.807) is 62.6 Å². The molecular weight excluding hydrogens is 2330 g/mol. The minimum atomic E-state index is -0.743. The summed E-state index contributed by atoms with van der Waals surface area (Å²) in [6.45, 7) is 8.73. The minimum absolute atomic E-state index is 0. The predicted octanol–water partition coefficient (Wildman–Crippen LogP) is 13.4. The van der Waals surface area contributed by atoms with Crippen molar-refractivity contribution in [3.8, 4) is 0 Å². The van der Waals surface area contributed by atoms with Gasteiger partial charge in [0, 0.05) is 7.05 Å². The number of carboxylic acids is 1. The van der Waals surface area contributed by atoms with Gasteiger partial charge in [-0.15, -0.1) is 5.10 Å². The smallest absolute Gasteiger partial charge is 0.482 e. The second kappa shape index (κ2) is 65.4. The molecule has 5 fully saturated rings. The van der Waals surface area contributed by atoms with Gasteiger partial charge >= 0.3 is 123 Å². The second-order valence-electron chi connectivity index (χ2n) is 27.1. The molecule has 0 atom stereocenters. The molecule has 0 aromatic carbocycles. The first-order valence-electron chi connectivity index (χ1n) is 33.7. The number of nitrogens with one attached hydrogen (secondary N) is 10. The molecule has 6 aromatic rings. The second-order valence-corrected chi connectivity index (χ2v) is 27.1. The topological polar surface area (TPSA) is 456 Å². The summed E-state index contributed by atoms with van der Waals surface area (Å²) in [6.07, 6.45) is 10.4. The maximum absolute atomic E-state index is 12.4. The van der Waals surface area contributed by atoms with E-state index in [1.165, 1.54) is 7.11 Å². The third-order valence-corrected chi connectivity index (χ3v) is 19.6. The Morgan fingerprint density at radius 3 is 0.948 bits per heavy atom. The zero-order chi connectivity index (χ0) is 73.1. The minimum Gasteiger partial charge on any atom is -0.482 e. The Balaban J connectivity index is -0.000000127. The van der Waals surface area contributed by atoms with E-state index >= 15 is 0 Å². The molecule has 656 valence electrons. The summed E-state index contributed by atoms with van der Waals surface area (Å²) in [5.41, 5.74) is 49.3. The largest absolute Gasteiger partial charge is 2.00 e. The zero-order valence-corrected chi connectivity index (χ0v) is 80.9. The van der Waals surface area contributed by atoms with Crippen molar-refractivity contribution < 1.29 is 139 Å². The molecule has 6 aromatic heterocycles. The van der Waals surface area contributed by atoms with E-state index in [4.69, 9.17) is 43.7 Å². The number of H-pyrrole nitrogens is 1. The van der Waals surface area contributed by atoms with Crippen LogP contribution in [0.3, 0.4) is 0 Å². The molecule has 5 saturated heterocycles. The first-order chi connectivity index (χ1) is 47.7. The number of amides is 2. The van der Waals surface area contributed by atoms with Crippen molar-refractivity contribution >= 4 is 52.8 Å². The van der Waals surface area contributed by atoms with Crippen LogP contribution in [0, 0.1) is 58.8 Å². The van der Waals surface area contributed by atoms with Gasteiger partial charge in [0.15, 0.2) is 0 Å². The number of carbonyl (C=O) groups is 4. The van der Waals surface area contributed by atoms with Crippen LogP contribution >= 0.6 is 0 Å². The number of aromatic amines is 1. The number of carbonyl (C=O) groups excluding carboxylic acids is 3. The summed E-state index contributed by atoms with van der Waals surface area (Å²) in [4.78, 5) is 91.7. The van der Waals surface area contributed by atoms with Gasteiger partial charge in [0.25, 0.3) is 0 Å². The van der Waals surface area contributed by atoms with Crippen molar-refractivity contribution in [2.45, 2.75) is 146 Å². The fourth-order valence-electron chi connectivity index (χ4n) is 13.3. The van der Waals surface area contributed by atoms with Gasteiger partial charge in [0.1, 0.15) is 0 Å². The molecule has 116 heavy (non-hydrogen) atoms. The fraction of sp³-hybridized carbons (Fsp3) is 0.550. The van der Waals surface area contributed by atoms with E-state index in [1.807, 2.05) is 56.6 Å². The molecule has 5 aliphatic rings. The number of nitrogens with two attached hydrogens (primary N) is 2. The van der Waals surface area contributed by atoms with Gasteiger partial charge in [-0.3, -0.25) is 41.3 Å². The first kappa shape index (κ1) is 134. The fourth-order valence-corrected chi connectivity index (χ4v) is 13.3. The molecule has 0 radical (unpaired) electrons. The Bertz CT molecular complexity index is 3520. The Morgan fingerprint density at radius 2 is 0.698 bits per heavy atom. The number of likely N-dealkylation sites (tertiary alicyclic amines) is 5. The number of methoxy groups -OCH3 is 1. The SMILES string of the molecule is C.C.C.C.C.C.CN1CCC(Cc2cccc([NH-])n2)(C(=O)NN)CC1.CN1CCC(Cc2cccc([NH-])n2)(C(=O)O)CC1.CN1CCC(Cc2cccc([NH-])n2)(c2n[nH]c(=O)o2)CC1.CNN.CNNC(=O)C1(Cc2cccc([NH-])n2)CCN(C)CC1.COC(=O)C1(Cc2cccc([NH-])n2)CCN(C)CC1.[CH3-].[CH3-].[CH3-].[CH3-].[CH3-].[W+2].[W+2].[W+2].[W+2].[W+2]. The van der Waals surface area contributed by atoms with Crippen LogP contribution < -0.4 is 39.1 Å². The molecule has 0 bridgehead atoms. The van der Waals surface area contributed by atoms with Gasteiger partial charge in [-0.2, -0.15) is 0 Å². The Morgan fingerprint density at radius 1 is 0.448 bits per heavy atom. The average molecular weight is 2470 g/mol. The average Bonchev–Trinajstić information content (AvgIpc) is 1.48. The number of hydrogen-bond donors (Lipinski definition) is 8. The number of piperidine rings is 5. The number of hydrazine groups is 3. The van der Waals surface area contributed by atoms with Crippen molar-refractivity contribution in [2.24, 2.45) is 33.3 Å².